The molecule has 0 bridgehead atoms. The van der Waals surface area contributed by atoms with E-state index in [0.717, 1.165) is 22.3 Å². The summed E-state index contributed by atoms with van der Waals surface area (Å²) in [5, 5.41) is 3.66. The molecule has 0 aliphatic carbocycles. The van der Waals surface area contributed by atoms with Crippen molar-refractivity contribution < 1.29 is 19.1 Å². The Hall–Kier alpha value is -3.41. The number of pyridine rings is 1. The average Bonchev–Trinajstić information content (AvgIpc) is 2.74. The number of benzene rings is 2. The zero-order chi connectivity index (χ0) is 21.5. The number of carbonyl (C=O) groups excluding carboxylic acids is 2. The third-order valence-corrected chi connectivity index (χ3v) is 4.81. The van der Waals surface area contributed by atoms with Gasteiger partial charge in [-0.3, -0.25) is 4.79 Å². The van der Waals surface area contributed by atoms with Gasteiger partial charge >= 0.3 is 5.97 Å². The minimum Gasteiger partial charge on any atom is -0.493 e. The second-order valence-corrected chi connectivity index (χ2v) is 7.22. The lowest BCUT2D eigenvalue weighted by atomic mass is 10.1. The van der Waals surface area contributed by atoms with Crippen molar-refractivity contribution in [3.05, 3.63) is 70.9 Å². The molecule has 1 heterocycles. The van der Waals surface area contributed by atoms with E-state index < -0.39 is 5.97 Å². The zero-order valence-electron chi connectivity index (χ0n) is 17.5. The number of amides is 1. The number of hydrogen-bond donors (Lipinski definition) is 1. The molecule has 0 aliphatic rings. The lowest BCUT2D eigenvalue weighted by Gasteiger charge is -2.12. The van der Waals surface area contributed by atoms with Crippen LogP contribution in [0.2, 0.25) is 0 Å². The number of esters is 1. The van der Waals surface area contributed by atoms with E-state index in [2.05, 4.69) is 23.3 Å². The predicted molar refractivity (Wildman–Crippen MR) is 116 cm³/mol. The number of nitrogens with one attached hydrogen (secondary N) is 1. The number of para-hydroxylation sites is 1. The standard InChI is InChI=1S/C24H26N2O4/c1-16-13-17(2)18(3)22(14-16)29-12-6-11-25-23(27)15-30-24(28)21-10-9-19-7-4-5-8-20(19)26-21/h4-5,7-10,13-14H,6,11-12,15H2,1-3H3,(H,25,27). The van der Waals surface area contributed by atoms with Crippen LogP contribution in [0.3, 0.4) is 0 Å². The Morgan fingerprint density at radius 2 is 1.83 bits per heavy atom. The Labute approximate surface area is 176 Å². The van der Waals surface area contributed by atoms with Crippen LogP contribution >= 0.6 is 0 Å². The van der Waals surface area contributed by atoms with Crippen LogP contribution in [0.1, 0.15) is 33.6 Å². The van der Waals surface area contributed by atoms with Crippen LogP contribution < -0.4 is 10.1 Å². The largest absolute Gasteiger partial charge is 0.493 e. The molecular weight excluding hydrogens is 380 g/mol. The Kier molecular flexibility index (Phi) is 7.01. The number of ether oxygens (including phenoxy) is 2. The van der Waals surface area contributed by atoms with Gasteiger partial charge in [0.15, 0.2) is 6.61 Å². The fourth-order valence-corrected chi connectivity index (χ4v) is 3.07. The minimum absolute atomic E-state index is 0.179. The molecule has 0 aliphatic heterocycles. The molecule has 0 saturated heterocycles. The van der Waals surface area contributed by atoms with Gasteiger partial charge in [-0.25, -0.2) is 9.78 Å². The van der Waals surface area contributed by atoms with Crippen molar-refractivity contribution in [1.29, 1.82) is 0 Å². The summed E-state index contributed by atoms with van der Waals surface area (Å²) >= 11 is 0. The zero-order valence-corrected chi connectivity index (χ0v) is 17.5. The molecule has 0 fully saturated rings. The SMILES string of the molecule is Cc1cc(C)c(C)c(OCCCNC(=O)COC(=O)c2ccc3ccccc3n2)c1. The molecule has 0 spiro atoms. The number of hydrogen-bond acceptors (Lipinski definition) is 5. The van der Waals surface area contributed by atoms with Crippen LogP contribution in [0, 0.1) is 20.8 Å². The van der Waals surface area contributed by atoms with Gasteiger partial charge in [-0.1, -0.05) is 30.3 Å². The summed E-state index contributed by atoms with van der Waals surface area (Å²) in [6.07, 6.45) is 0.651. The second kappa shape index (κ2) is 9.87. The Morgan fingerprint density at radius 1 is 1.03 bits per heavy atom. The van der Waals surface area contributed by atoms with Crippen LogP contribution in [0.5, 0.6) is 5.75 Å². The monoisotopic (exact) mass is 406 g/mol. The number of carbonyl (C=O) groups is 2. The molecule has 6 nitrogen and oxygen atoms in total. The van der Waals surface area contributed by atoms with E-state index in [4.69, 9.17) is 9.47 Å². The van der Waals surface area contributed by atoms with E-state index in [1.54, 1.807) is 12.1 Å². The lowest BCUT2D eigenvalue weighted by molar-refractivity contribution is -0.124. The number of aromatic nitrogens is 1. The summed E-state index contributed by atoms with van der Waals surface area (Å²) in [6, 6.07) is 15.0. The van der Waals surface area contributed by atoms with Gasteiger partial charge in [0.05, 0.1) is 12.1 Å². The smallest absolute Gasteiger partial charge is 0.357 e. The number of fused-ring (bicyclic) bond motifs is 1. The molecule has 2 aromatic carbocycles. The molecule has 0 saturated carbocycles. The molecule has 0 radical (unpaired) electrons. The van der Waals surface area contributed by atoms with Crippen molar-refractivity contribution in [2.45, 2.75) is 27.2 Å². The van der Waals surface area contributed by atoms with E-state index in [0.29, 0.717) is 25.1 Å². The van der Waals surface area contributed by atoms with Gasteiger partial charge in [0.25, 0.3) is 5.91 Å². The molecule has 1 amide bonds. The van der Waals surface area contributed by atoms with Crippen LogP contribution in [-0.4, -0.2) is 36.6 Å². The first kappa shape index (κ1) is 21.3. The molecule has 0 atom stereocenters. The van der Waals surface area contributed by atoms with Crippen LogP contribution in [0.25, 0.3) is 10.9 Å². The van der Waals surface area contributed by atoms with Gasteiger partial charge in [-0.15, -0.1) is 0 Å². The van der Waals surface area contributed by atoms with Gasteiger partial charge in [0, 0.05) is 11.9 Å². The molecule has 1 aromatic heterocycles. The summed E-state index contributed by atoms with van der Waals surface area (Å²) in [7, 11) is 0. The van der Waals surface area contributed by atoms with Crippen molar-refractivity contribution in [2.24, 2.45) is 0 Å². The van der Waals surface area contributed by atoms with Crippen LogP contribution in [-0.2, 0) is 9.53 Å². The first-order chi connectivity index (χ1) is 14.4. The summed E-state index contributed by atoms with van der Waals surface area (Å²) in [4.78, 5) is 28.3. The fraction of sp³-hybridized carbons (Fsp3) is 0.292. The number of aryl methyl sites for hydroxylation is 2. The Morgan fingerprint density at radius 3 is 2.67 bits per heavy atom. The molecule has 0 unspecified atom stereocenters. The minimum atomic E-state index is -0.621. The van der Waals surface area contributed by atoms with E-state index in [9.17, 15) is 9.59 Å². The number of rotatable bonds is 8. The van der Waals surface area contributed by atoms with Gasteiger partial charge in [0.2, 0.25) is 0 Å². The van der Waals surface area contributed by atoms with Gasteiger partial charge in [-0.2, -0.15) is 0 Å². The van der Waals surface area contributed by atoms with Crippen molar-refractivity contribution in [3.63, 3.8) is 0 Å². The Balaban J connectivity index is 1.38. The predicted octanol–water partition coefficient (Wildman–Crippen LogP) is 3.90. The molecule has 156 valence electrons. The van der Waals surface area contributed by atoms with Crippen molar-refractivity contribution in [1.82, 2.24) is 10.3 Å². The van der Waals surface area contributed by atoms with Crippen molar-refractivity contribution in [3.8, 4) is 5.75 Å². The molecule has 3 aromatic rings. The quantitative estimate of drug-likeness (QED) is 0.453. The first-order valence-electron chi connectivity index (χ1n) is 9.94. The summed E-state index contributed by atoms with van der Waals surface area (Å²) < 4.78 is 10.9. The molecule has 6 heteroatoms. The highest BCUT2D eigenvalue weighted by molar-refractivity contribution is 5.92. The number of nitrogens with zero attached hydrogens (tertiary/aromatic N) is 1. The maximum absolute atomic E-state index is 12.1. The fourth-order valence-electron chi connectivity index (χ4n) is 3.07. The average molecular weight is 406 g/mol. The normalized spacial score (nSPS) is 10.6. The molecule has 1 N–H and O–H groups in total. The van der Waals surface area contributed by atoms with Crippen LogP contribution in [0.4, 0.5) is 0 Å². The first-order valence-corrected chi connectivity index (χ1v) is 9.94. The third-order valence-electron chi connectivity index (χ3n) is 4.81. The molecule has 3 rings (SSSR count). The highest BCUT2D eigenvalue weighted by atomic mass is 16.5. The highest BCUT2D eigenvalue weighted by Gasteiger charge is 2.12. The Bertz CT molecular complexity index is 1060. The molecule has 30 heavy (non-hydrogen) atoms. The van der Waals surface area contributed by atoms with Gasteiger partial charge in [0.1, 0.15) is 11.4 Å². The van der Waals surface area contributed by atoms with E-state index >= 15 is 0 Å². The van der Waals surface area contributed by atoms with Gasteiger partial charge < -0.3 is 14.8 Å². The maximum Gasteiger partial charge on any atom is 0.357 e. The lowest BCUT2D eigenvalue weighted by Crippen LogP contribution is -2.30. The summed E-state index contributed by atoms with van der Waals surface area (Å²) in [5.74, 6) is -0.105. The van der Waals surface area contributed by atoms with Crippen LogP contribution in [0.15, 0.2) is 48.5 Å². The van der Waals surface area contributed by atoms with Crippen molar-refractivity contribution >= 4 is 22.8 Å². The summed E-state index contributed by atoms with van der Waals surface area (Å²) in [5.41, 5.74) is 4.36. The van der Waals surface area contributed by atoms with E-state index in [-0.39, 0.29) is 18.2 Å². The molecular formula is C24H26N2O4. The highest BCUT2D eigenvalue weighted by Crippen LogP contribution is 2.23. The van der Waals surface area contributed by atoms with Crippen molar-refractivity contribution in [2.75, 3.05) is 19.8 Å². The second-order valence-electron chi connectivity index (χ2n) is 7.22. The third kappa shape index (κ3) is 5.56. The van der Waals surface area contributed by atoms with Gasteiger partial charge in [-0.05, 0) is 62.1 Å². The summed E-state index contributed by atoms with van der Waals surface area (Å²) in [6.45, 7) is 6.71. The topological polar surface area (TPSA) is 77.5 Å². The maximum atomic E-state index is 12.1. The van der Waals surface area contributed by atoms with E-state index in [1.807, 2.05) is 44.2 Å². The van der Waals surface area contributed by atoms with E-state index in [1.165, 1.54) is 5.56 Å².